The third-order valence-electron chi connectivity index (χ3n) is 2.37. The van der Waals surface area contributed by atoms with Crippen molar-refractivity contribution in [1.82, 2.24) is 14.8 Å². The lowest BCUT2D eigenvalue weighted by Gasteiger charge is -2.07. The highest BCUT2D eigenvalue weighted by Crippen LogP contribution is 2.14. The van der Waals surface area contributed by atoms with Crippen LogP contribution in [0.15, 0.2) is 24.5 Å². The van der Waals surface area contributed by atoms with Gasteiger partial charge in [0.2, 0.25) is 0 Å². The van der Waals surface area contributed by atoms with Crippen LogP contribution < -0.4 is 16.8 Å². The maximum absolute atomic E-state index is 5.61. The first-order valence-electron chi connectivity index (χ1n) is 5.40. The average Bonchev–Trinajstić information content (AvgIpc) is 2.70. The van der Waals surface area contributed by atoms with Crippen molar-refractivity contribution < 1.29 is 0 Å². The second-order valence-corrected chi connectivity index (χ2v) is 3.88. The molecule has 0 spiro atoms. The summed E-state index contributed by atoms with van der Waals surface area (Å²) in [5, 5.41) is 7.35. The molecule has 0 aliphatic carbocycles. The van der Waals surface area contributed by atoms with E-state index in [4.69, 9.17) is 11.5 Å². The van der Waals surface area contributed by atoms with E-state index in [1.807, 2.05) is 24.0 Å². The summed E-state index contributed by atoms with van der Waals surface area (Å²) in [6.07, 6.45) is 3.83. The molecule has 2 heterocycles. The number of hydrogen-bond acceptors (Lipinski definition) is 5. The topological polar surface area (TPSA) is 94.8 Å². The predicted molar refractivity (Wildman–Crippen MR) is 68.5 cm³/mol. The molecule has 0 saturated heterocycles. The number of nitrogen functional groups attached to an aromatic ring is 2. The Morgan fingerprint density at radius 1 is 1.35 bits per heavy atom. The number of anilines is 3. The summed E-state index contributed by atoms with van der Waals surface area (Å²) in [5.41, 5.74) is 12.8. The van der Waals surface area contributed by atoms with Crippen LogP contribution in [-0.2, 0) is 6.54 Å². The van der Waals surface area contributed by atoms with Crippen molar-refractivity contribution >= 4 is 17.3 Å². The molecule has 2 rings (SSSR count). The van der Waals surface area contributed by atoms with Gasteiger partial charge in [-0.1, -0.05) is 0 Å². The Kier molecular flexibility index (Phi) is 3.13. The molecular weight excluding hydrogens is 216 g/mol. The number of aromatic nitrogens is 3. The zero-order valence-electron chi connectivity index (χ0n) is 9.72. The molecule has 2 aromatic rings. The minimum absolute atomic E-state index is 0.352. The summed E-state index contributed by atoms with van der Waals surface area (Å²) in [6, 6.07) is 3.54. The maximum atomic E-state index is 5.61. The molecule has 0 radical (unpaired) electrons. The normalized spacial score (nSPS) is 10.4. The van der Waals surface area contributed by atoms with Crippen molar-refractivity contribution in [3.8, 4) is 0 Å². The van der Waals surface area contributed by atoms with Crippen molar-refractivity contribution in [3.63, 3.8) is 0 Å². The standard InChI is InChI=1S/C11H16N6/c1-8-6-15-17(7-8)5-4-14-10-3-2-9(12)11(13)16-10/h2-3,6-7H,4-5,12H2,1H3,(H3,13,14,16). The van der Waals surface area contributed by atoms with E-state index in [9.17, 15) is 0 Å². The van der Waals surface area contributed by atoms with Gasteiger partial charge in [0.05, 0.1) is 18.4 Å². The molecule has 0 bridgehead atoms. The molecule has 0 amide bonds. The van der Waals surface area contributed by atoms with Gasteiger partial charge in [0.1, 0.15) is 11.6 Å². The van der Waals surface area contributed by atoms with Crippen LogP contribution in [-0.4, -0.2) is 21.3 Å². The van der Waals surface area contributed by atoms with Crippen molar-refractivity contribution in [2.75, 3.05) is 23.3 Å². The molecule has 90 valence electrons. The van der Waals surface area contributed by atoms with Crippen LogP contribution in [0, 0.1) is 6.92 Å². The van der Waals surface area contributed by atoms with Crippen molar-refractivity contribution in [3.05, 3.63) is 30.1 Å². The third kappa shape index (κ3) is 2.87. The fraction of sp³-hybridized carbons (Fsp3) is 0.273. The summed E-state index contributed by atoms with van der Waals surface area (Å²) < 4.78 is 1.88. The zero-order valence-corrected chi connectivity index (χ0v) is 9.72. The quantitative estimate of drug-likeness (QED) is 0.726. The molecule has 5 N–H and O–H groups in total. The van der Waals surface area contributed by atoms with Crippen molar-refractivity contribution in [1.29, 1.82) is 0 Å². The molecule has 6 nitrogen and oxygen atoms in total. The monoisotopic (exact) mass is 232 g/mol. The van der Waals surface area contributed by atoms with Crippen LogP contribution in [0.3, 0.4) is 0 Å². The van der Waals surface area contributed by atoms with Crippen LogP contribution in [0.4, 0.5) is 17.3 Å². The molecular formula is C11H16N6. The molecule has 0 unspecified atom stereocenters. The number of pyridine rings is 1. The molecule has 0 aliphatic heterocycles. The Bertz CT molecular complexity index is 504. The van der Waals surface area contributed by atoms with Gasteiger partial charge in [-0.15, -0.1) is 0 Å². The number of aryl methyl sites for hydroxylation is 1. The lowest BCUT2D eigenvalue weighted by Crippen LogP contribution is -2.12. The summed E-state index contributed by atoms with van der Waals surface area (Å²) in [5.74, 6) is 1.07. The summed E-state index contributed by atoms with van der Waals surface area (Å²) >= 11 is 0. The van der Waals surface area contributed by atoms with E-state index in [1.54, 1.807) is 12.1 Å². The number of nitrogens with zero attached hydrogens (tertiary/aromatic N) is 3. The lowest BCUT2D eigenvalue weighted by molar-refractivity contribution is 0.637. The van der Waals surface area contributed by atoms with Gasteiger partial charge in [0.15, 0.2) is 0 Å². The van der Waals surface area contributed by atoms with Gasteiger partial charge in [0, 0.05) is 12.7 Å². The van der Waals surface area contributed by atoms with Crippen molar-refractivity contribution in [2.24, 2.45) is 0 Å². The Morgan fingerprint density at radius 3 is 2.82 bits per heavy atom. The molecule has 0 atom stereocenters. The summed E-state index contributed by atoms with van der Waals surface area (Å²) in [6.45, 7) is 3.52. The highest BCUT2D eigenvalue weighted by atomic mass is 15.3. The van der Waals surface area contributed by atoms with Gasteiger partial charge >= 0.3 is 0 Å². The first-order chi connectivity index (χ1) is 8.15. The first kappa shape index (κ1) is 11.3. The van der Waals surface area contributed by atoms with Gasteiger partial charge in [-0.3, -0.25) is 4.68 Å². The molecule has 0 aromatic carbocycles. The SMILES string of the molecule is Cc1cnn(CCNc2ccc(N)c(N)n2)c1. The van der Waals surface area contributed by atoms with Gasteiger partial charge in [-0.25, -0.2) is 4.98 Å². The van der Waals surface area contributed by atoms with Gasteiger partial charge < -0.3 is 16.8 Å². The second kappa shape index (κ2) is 4.73. The highest BCUT2D eigenvalue weighted by molar-refractivity contribution is 5.61. The van der Waals surface area contributed by atoms with Crippen LogP contribution >= 0.6 is 0 Å². The molecule has 6 heteroatoms. The van der Waals surface area contributed by atoms with Crippen LogP contribution in [0.25, 0.3) is 0 Å². The highest BCUT2D eigenvalue weighted by Gasteiger charge is 1.99. The van der Waals surface area contributed by atoms with Crippen LogP contribution in [0.2, 0.25) is 0 Å². The number of nitrogens with two attached hydrogens (primary N) is 2. The predicted octanol–water partition coefficient (Wildman–Crippen LogP) is 0.863. The maximum Gasteiger partial charge on any atom is 0.149 e. The number of nitrogens with one attached hydrogen (secondary N) is 1. The van der Waals surface area contributed by atoms with Crippen molar-refractivity contribution in [2.45, 2.75) is 13.5 Å². The van der Waals surface area contributed by atoms with Gasteiger partial charge in [0.25, 0.3) is 0 Å². The van der Waals surface area contributed by atoms with Crippen LogP contribution in [0.1, 0.15) is 5.56 Å². The average molecular weight is 232 g/mol. The lowest BCUT2D eigenvalue weighted by atomic mass is 10.4. The minimum Gasteiger partial charge on any atom is -0.396 e. The zero-order chi connectivity index (χ0) is 12.3. The summed E-state index contributed by atoms with van der Waals surface area (Å²) in [4.78, 5) is 4.12. The molecule has 2 aromatic heterocycles. The van der Waals surface area contributed by atoms with Gasteiger partial charge in [-0.05, 0) is 24.6 Å². The fourth-order valence-corrected chi connectivity index (χ4v) is 1.47. The molecule has 0 aliphatic rings. The Morgan fingerprint density at radius 2 is 2.18 bits per heavy atom. The van der Waals surface area contributed by atoms with Crippen LogP contribution in [0.5, 0.6) is 0 Å². The minimum atomic E-state index is 0.352. The van der Waals surface area contributed by atoms with E-state index >= 15 is 0 Å². The Labute approximate surface area is 99.6 Å². The smallest absolute Gasteiger partial charge is 0.149 e. The van der Waals surface area contributed by atoms with E-state index in [0.717, 1.165) is 24.5 Å². The fourth-order valence-electron chi connectivity index (χ4n) is 1.47. The molecule has 0 fully saturated rings. The van der Waals surface area contributed by atoms with E-state index < -0.39 is 0 Å². The molecule has 17 heavy (non-hydrogen) atoms. The van der Waals surface area contributed by atoms with E-state index in [1.165, 1.54) is 0 Å². The van der Waals surface area contributed by atoms with E-state index in [0.29, 0.717) is 11.5 Å². The second-order valence-electron chi connectivity index (χ2n) is 3.88. The third-order valence-corrected chi connectivity index (χ3v) is 2.37. The first-order valence-corrected chi connectivity index (χ1v) is 5.40. The van der Waals surface area contributed by atoms with E-state index in [-0.39, 0.29) is 0 Å². The van der Waals surface area contributed by atoms with Gasteiger partial charge in [-0.2, -0.15) is 5.10 Å². The Balaban J connectivity index is 1.87. The Hall–Kier alpha value is -2.24. The van der Waals surface area contributed by atoms with E-state index in [2.05, 4.69) is 15.4 Å². The molecule has 0 saturated carbocycles. The largest absolute Gasteiger partial charge is 0.396 e. The number of hydrogen-bond donors (Lipinski definition) is 3. The number of rotatable bonds is 4. The summed E-state index contributed by atoms with van der Waals surface area (Å²) in [7, 11) is 0.